The van der Waals surface area contributed by atoms with Gasteiger partial charge in [-0.15, -0.1) is 0 Å². The monoisotopic (exact) mass is 224 g/mol. The summed E-state index contributed by atoms with van der Waals surface area (Å²) >= 11 is 0. The van der Waals surface area contributed by atoms with Crippen LogP contribution in [0.3, 0.4) is 0 Å². The summed E-state index contributed by atoms with van der Waals surface area (Å²) in [6, 6.07) is 4.81. The summed E-state index contributed by atoms with van der Waals surface area (Å²) < 4.78 is 5.43. The molecule has 1 aromatic rings. The van der Waals surface area contributed by atoms with Crippen molar-refractivity contribution in [2.24, 2.45) is 5.92 Å². The van der Waals surface area contributed by atoms with Crippen molar-refractivity contribution in [2.75, 3.05) is 19.0 Å². The predicted octanol–water partition coefficient (Wildman–Crippen LogP) is 2.67. The second kappa shape index (κ2) is 5.34. The molecule has 0 fully saturated rings. The second-order valence-corrected chi connectivity index (χ2v) is 3.89. The molecule has 0 unspecified atom stereocenters. The zero-order chi connectivity index (χ0) is 12.1. The Morgan fingerprint density at radius 2 is 2.19 bits per heavy atom. The van der Waals surface area contributed by atoms with Gasteiger partial charge in [-0.2, -0.15) is 0 Å². The van der Waals surface area contributed by atoms with Gasteiger partial charge in [0.2, 0.25) is 0 Å². The van der Waals surface area contributed by atoms with Gasteiger partial charge in [0.1, 0.15) is 11.4 Å². The third kappa shape index (κ3) is 3.12. The van der Waals surface area contributed by atoms with Gasteiger partial charge in [0.05, 0.1) is 17.6 Å². The molecule has 0 radical (unpaired) electrons. The lowest BCUT2D eigenvalue weighted by Crippen LogP contribution is -2.05. The lowest BCUT2D eigenvalue weighted by atomic mass is 10.2. The van der Waals surface area contributed by atoms with E-state index in [0.717, 1.165) is 0 Å². The van der Waals surface area contributed by atoms with Gasteiger partial charge in [-0.1, -0.05) is 13.8 Å². The summed E-state index contributed by atoms with van der Waals surface area (Å²) in [5.41, 5.74) is 0.519. The summed E-state index contributed by atoms with van der Waals surface area (Å²) in [7, 11) is 1.65. The van der Waals surface area contributed by atoms with Crippen LogP contribution in [-0.2, 0) is 0 Å². The zero-order valence-corrected chi connectivity index (χ0v) is 9.69. The number of nitro benzene ring substituents is 1. The Kier molecular flexibility index (Phi) is 4.10. The molecular weight excluding hydrogens is 208 g/mol. The van der Waals surface area contributed by atoms with Crippen molar-refractivity contribution in [3.63, 3.8) is 0 Å². The van der Waals surface area contributed by atoms with Gasteiger partial charge < -0.3 is 10.1 Å². The third-order valence-electron chi connectivity index (χ3n) is 2.02. The molecule has 1 rings (SSSR count). The average molecular weight is 224 g/mol. The Labute approximate surface area is 94.6 Å². The van der Waals surface area contributed by atoms with E-state index in [2.05, 4.69) is 5.32 Å². The molecule has 0 saturated carbocycles. The van der Waals surface area contributed by atoms with Gasteiger partial charge in [0.25, 0.3) is 5.69 Å². The van der Waals surface area contributed by atoms with Crippen molar-refractivity contribution >= 4 is 11.4 Å². The number of hydrogen-bond acceptors (Lipinski definition) is 4. The van der Waals surface area contributed by atoms with Crippen LogP contribution in [0.25, 0.3) is 0 Å². The van der Waals surface area contributed by atoms with Crippen LogP contribution in [0.15, 0.2) is 18.2 Å². The molecule has 0 amide bonds. The molecule has 0 aliphatic heterocycles. The number of anilines is 1. The van der Waals surface area contributed by atoms with Gasteiger partial charge in [-0.3, -0.25) is 10.1 Å². The molecule has 0 atom stereocenters. The lowest BCUT2D eigenvalue weighted by molar-refractivity contribution is -0.384. The van der Waals surface area contributed by atoms with E-state index in [1.54, 1.807) is 19.2 Å². The van der Waals surface area contributed by atoms with Crippen molar-refractivity contribution in [1.82, 2.24) is 0 Å². The number of hydrogen-bond donors (Lipinski definition) is 1. The highest BCUT2D eigenvalue weighted by Gasteiger charge is 2.14. The van der Waals surface area contributed by atoms with Gasteiger partial charge >= 0.3 is 0 Å². The fourth-order valence-electron chi connectivity index (χ4n) is 1.23. The molecule has 1 aromatic carbocycles. The number of nitrogens with one attached hydrogen (secondary N) is 1. The van der Waals surface area contributed by atoms with Crippen LogP contribution in [0.4, 0.5) is 11.4 Å². The van der Waals surface area contributed by atoms with Crippen molar-refractivity contribution in [2.45, 2.75) is 13.8 Å². The number of nitrogens with zero attached hydrogens (tertiary/aromatic N) is 1. The van der Waals surface area contributed by atoms with Crippen LogP contribution in [0.2, 0.25) is 0 Å². The van der Waals surface area contributed by atoms with Crippen LogP contribution < -0.4 is 10.1 Å². The predicted molar refractivity (Wildman–Crippen MR) is 63.0 cm³/mol. The maximum Gasteiger partial charge on any atom is 0.296 e. The van der Waals surface area contributed by atoms with Crippen molar-refractivity contribution in [3.05, 3.63) is 28.3 Å². The van der Waals surface area contributed by atoms with Crippen LogP contribution in [0.5, 0.6) is 5.75 Å². The molecular formula is C11H16N2O3. The Morgan fingerprint density at radius 3 is 2.69 bits per heavy atom. The fraction of sp³-hybridized carbons (Fsp3) is 0.455. The van der Waals surface area contributed by atoms with E-state index in [9.17, 15) is 10.1 Å². The number of ether oxygens (including phenoxy) is 1. The summed E-state index contributed by atoms with van der Waals surface area (Å²) in [5, 5.41) is 13.6. The summed E-state index contributed by atoms with van der Waals surface area (Å²) in [6.45, 7) is 4.60. The van der Waals surface area contributed by atoms with Gasteiger partial charge in [-0.25, -0.2) is 0 Å². The Hall–Kier alpha value is -1.78. The summed E-state index contributed by atoms with van der Waals surface area (Å²) in [4.78, 5) is 10.4. The van der Waals surface area contributed by atoms with Gasteiger partial charge in [0.15, 0.2) is 0 Å². The number of rotatable bonds is 5. The van der Waals surface area contributed by atoms with E-state index in [1.807, 2.05) is 13.8 Å². The summed E-state index contributed by atoms with van der Waals surface area (Å²) in [6.07, 6.45) is 0. The molecule has 0 aliphatic rings. The number of benzene rings is 1. The van der Waals surface area contributed by atoms with Crippen LogP contribution >= 0.6 is 0 Å². The molecule has 5 heteroatoms. The molecule has 5 nitrogen and oxygen atoms in total. The molecule has 88 valence electrons. The fourth-order valence-corrected chi connectivity index (χ4v) is 1.23. The zero-order valence-electron chi connectivity index (χ0n) is 9.69. The Balaban J connectivity index is 2.89. The van der Waals surface area contributed by atoms with E-state index in [0.29, 0.717) is 24.0 Å². The maximum absolute atomic E-state index is 10.8. The largest absolute Gasteiger partial charge is 0.493 e. The van der Waals surface area contributed by atoms with Crippen molar-refractivity contribution in [3.8, 4) is 5.75 Å². The first kappa shape index (κ1) is 12.3. The standard InChI is InChI=1S/C11H16N2O3/c1-8(2)7-16-9-4-5-10(12-3)11(6-9)13(14)15/h4-6,8,12H,7H2,1-3H3. The topological polar surface area (TPSA) is 64.4 Å². The second-order valence-electron chi connectivity index (χ2n) is 3.89. The number of nitro groups is 1. The lowest BCUT2D eigenvalue weighted by Gasteiger charge is -2.09. The normalized spacial score (nSPS) is 10.2. The van der Waals surface area contributed by atoms with Crippen molar-refractivity contribution < 1.29 is 9.66 Å². The smallest absolute Gasteiger partial charge is 0.296 e. The molecule has 0 heterocycles. The minimum Gasteiger partial charge on any atom is -0.493 e. The van der Waals surface area contributed by atoms with E-state index in [4.69, 9.17) is 4.74 Å². The Bertz CT molecular complexity index is 377. The van der Waals surface area contributed by atoms with Crippen molar-refractivity contribution in [1.29, 1.82) is 0 Å². The minimum atomic E-state index is -0.423. The highest BCUT2D eigenvalue weighted by Crippen LogP contribution is 2.28. The molecule has 16 heavy (non-hydrogen) atoms. The molecule has 0 aliphatic carbocycles. The third-order valence-corrected chi connectivity index (χ3v) is 2.02. The maximum atomic E-state index is 10.8. The molecule has 0 saturated heterocycles. The first-order valence-corrected chi connectivity index (χ1v) is 5.13. The van der Waals surface area contributed by atoms with E-state index >= 15 is 0 Å². The minimum absolute atomic E-state index is 0.0313. The van der Waals surface area contributed by atoms with Gasteiger partial charge in [-0.05, 0) is 18.1 Å². The first-order chi connectivity index (χ1) is 7.54. The van der Waals surface area contributed by atoms with E-state index in [-0.39, 0.29) is 5.69 Å². The van der Waals surface area contributed by atoms with Gasteiger partial charge in [0, 0.05) is 7.05 Å². The Morgan fingerprint density at radius 1 is 1.50 bits per heavy atom. The van der Waals surface area contributed by atoms with E-state index < -0.39 is 4.92 Å². The SMILES string of the molecule is CNc1ccc(OCC(C)C)cc1[N+](=O)[O-]. The highest BCUT2D eigenvalue weighted by atomic mass is 16.6. The van der Waals surface area contributed by atoms with Crippen LogP contribution in [0.1, 0.15) is 13.8 Å². The summed E-state index contributed by atoms with van der Waals surface area (Å²) in [5.74, 6) is 0.919. The van der Waals surface area contributed by atoms with Crippen LogP contribution in [0, 0.1) is 16.0 Å². The van der Waals surface area contributed by atoms with Crippen LogP contribution in [-0.4, -0.2) is 18.6 Å². The molecule has 1 N–H and O–H groups in total. The first-order valence-electron chi connectivity index (χ1n) is 5.13. The van der Waals surface area contributed by atoms with E-state index in [1.165, 1.54) is 6.07 Å². The molecule has 0 spiro atoms. The quantitative estimate of drug-likeness (QED) is 0.617. The highest BCUT2D eigenvalue weighted by molar-refractivity contribution is 5.63. The molecule has 0 aromatic heterocycles. The molecule has 0 bridgehead atoms. The average Bonchev–Trinajstić information content (AvgIpc) is 2.25.